The summed E-state index contributed by atoms with van der Waals surface area (Å²) in [6.07, 6.45) is -5.20. The van der Waals surface area contributed by atoms with Crippen LogP contribution in [0.5, 0.6) is 0 Å². The van der Waals surface area contributed by atoms with E-state index in [1.54, 1.807) is 24.3 Å². The maximum Gasteiger partial charge on any atom is 0.416 e. The van der Waals surface area contributed by atoms with E-state index >= 15 is 0 Å². The molecule has 46 heavy (non-hydrogen) atoms. The zero-order valence-electron chi connectivity index (χ0n) is 23.3. The Bertz CT molecular complexity index is 2370. The molecule has 222 valence electrons. The van der Waals surface area contributed by atoms with Crippen molar-refractivity contribution in [2.45, 2.75) is 12.4 Å². The minimum absolute atomic E-state index is 0.401. The first kappa shape index (κ1) is 28.8. The zero-order chi connectivity index (χ0) is 32.4. The van der Waals surface area contributed by atoms with Crippen LogP contribution in [0.2, 0.25) is 0 Å². The Morgan fingerprint density at radius 1 is 0.391 bits per heavy atom. The molecule has 0 unspecified atom stereocenters. The van der Waals surface area contributed by atoms with E-state index in [0.29, 0.717) is 54.5 Å². The highest BCUT2D eigenvalue weighted by molar-refractivity contribution is 6.21. The van der Waals surface area contributed by atoms with Crippen LogP contribution in [-0.4, -0.2) is 0 Å². The normalized spacial score (nSPS) is 13.2. The number of hydrogen-bond acceptors (Lipinski definition) is 4. The summed E-state index contributed by atoms with van der Waals surface area (Å²) < 4.78 is 78.6. The molecule has 10 heteroatoms. The van der Waals surface area contributed by atoms with Crippen molar-refractivity contribution in [2.24, 2.45) is 9.98 Å². The van der Waals surface area contributed by atoms with Crippen LogP contribution in [0.4, 0.5) is 26.3 Å². The van der Waals surface area contributed by atoms with Gasteiger partial charge in [0.2, 0.25) is 12.4 Å². The van der Waals surface area contributed by atoms with E-state index in [2.05, 4.69) is 9.98 Å². The molecule has 0 aliphatic carbocycles. The summed E-state index contributed by atoms with van der Waals surface area (Å²) >= 11 is 0. The van der Waals surface area contributed by atoms with Crippen molar-refractivity contribution in [3.63, 3.8) is 0 Å². The third kappa shape index (κ3) is 4.63. The number of hydrogen-bond donors (Lipinski definition) is 0. The summed E-state index contributed by atoms with van der Waals surface area (Å²) in [5.41, 5.74) is 0.900. The lowest BCUT2D eigenvalue weighted by molar-refractivity contribution is -0.138. The molecule has 0 atom stereocenters. The van der Waals surface area contributed by atoms with E-state index in [1.165, 1.54) is 24.3 Å². The van der Waals surface area contributed by atoms with Crippen LogP contribution in [0.15, 0.2) is 107 Å². The number of nitriles is 2. The molecule has 7 aromatic rings. The van der Waals surface area contributed by atoms with Crippen LogP contribution < -0.4 is 10.7 Å². The van der Waals surface area contributed by atoms with E-state index in [4.69, 9.17) is 0 Å². The third-order valence-corrected chi connectivity index (χ3v) is 8.21. The Morgan fingerprint density at radius 2 is 0.717 bits per heavy atom. The van der Waals surface area contributed by atoms with Crippen LogP contribution in [0.3, 0.4) is 0 Å². The van der Waals surface area contributed by atoms with Gasteiger partial charge in [-0.3, -0.25) is 0 Å². The number of rotatable bonds is 2. The van der Waals surface area contributed by atoms with E-state index in [1.807, 2.05) is 36.7 Å². The molecular weight excluding hydrogens is 602 g/mol. The first-order valence-electron chi connectivity index (χ1n) is 13.7. The van der Waals surface area contributed by atoms with Gasteiger partial charge in [0, 0.05) is 21.5 Å². The van der Waals surface area contributed by atoms with Gasteiger partial charge in [0.15, 0.2) is 0 Å². The topological polar surface area (TPSA) is 72.3 Å². The predicted octanol–water partition coefficient (Wildman–Crippen LogP) is 9.31. The van der Waals surface area contributed by atoms with Gasteiger partial charge in [0.1, 0.15) is 0 Å². The van der Waals surface area contributed by atoms with Crippen molar-refractivity contribution in [2.75, 3.05) is 0 Å². The lowest BCUT2D eigenvalue weighted by Gasteiger charge is -2.08. The molecular formula is C36H16F6N4. The van der Waals surface area contributed by atoms with Crippen molar-refractivity contribution in [1.29, 1.82) is 10.5 Å². The number of nitrogens with zero attached hydrogens (tertiary/aromatic N) is 4. The van der Waals surface area contributed by atoms with Crippen molar-refractivity contribution in [3.05, 3.63) is 119 Å². The number of fused-ring (bicyclic) bond motifs is 6. The average molecular weight is 619 g/mol. The van der Waals surface area contributed by atoms with Gasteiger partial charge < -0.3 is 0 Å². The monoisotopic (exact) mass is 618 g/mol. The molecule has 0 bridgehead atoms. The predicted molar refractivity (Wildman–Crippen MR) is 162 cm³/mol. The van der Waals surface area contributed by atoms with Gasteiger partial charge in [-0.1, -0.05) is 48.5 Å². The fourth-order valence-electron chi connectivity index (χ4n) is 6.08. The van der Waals surface area contributed by atoms with Gasteiger partial charge in [0.05, 0.1) is 21.8 Å². The smallest absolute Gasteiger partial charge is 0.172 e. The summed E-state index contributed by atoms with van der Waals surface area (Å²) in [6.45, 7) is 0. The average Bonchev–Trinajstić information content (AvgIpc) is 3.50. The SMILES string of the molecule is N#C/N=c1\c2cc(-c3ccc(C(F)(F)F)cc3)ccc2c2cc3/c(=N/C#N)c4cc(-c5ccc(C(F)(F)F)cc5)ccc4c3cc12. The summed E-state index contributed by atoms with van der Waals surface area (Å²) in [5.74, 6) is 0. The number of halogens is 6. The van der Waals surface area contributed by atoms with Gasteiger partial charge in [-0.25, -0.2) is 0 Å². The second kappa shape index (κ2) is 10.3. The molecule has 0 radical (unpaired) electrons. The van der Waals surface area contributed by atoms with Crippen molar-refractivity contribution >= 4 is 43.1 Å². The molecule has 7 rings (SSSR count). The van der Waals surface area contributed by atoms with Crippen LogP contribution in [0, 0.1) is 22.9 Å². The second-order valence-corrected chi connectivity index (χ2v) is 10.7. The molecule has 0 heterocycles. The molecule has 0 aliphatic heterocycles. The molecule has 0 aromatic heterocycles. The number of alkyl halides is 6. The highest BCUT2D eigenvalue weighted by Gasteiger charge is 2.31. The molecule has 0 N–H and O–H groups in total. The van der Waals surface area contributed by atoms with Gasteiger partial charge >= 0.3 is 12.4 Å². The van der Waals surface area contributed by atoms with Crippen molar-refractivity contribution < 1.29 is 26.3 Å². The maximum atomic E-state index is 13.1. The summed E-state index contributed by atoms with van der Waals surface area (Å²) in [5, 5.41) is 25.5. The van der Waals surface area contributed by atoms with Crippen LogP contribution >= 0.6 is 0 Å². The quantitative estimate of drug-likeness (QED) is 0.143. The van der Waals surface area contributed by atoms with E-state index in [9.17, 15) is 36.9 Å². The molecule has 0 saturated heterocycles. The van der Waals surface area contributed by atoms with E-state index in [0.717, 1.165) is 45.8 Å². The lowest BCUT2D eigenvalue weighted by Crippen LogP contribution is -2.04. The Balaban J connectivity index is 1.44. The van der Waals surface area contributed by atoms with E-state index < -0.39 is 23.5 Å². The van der Waals surface area contributed by atoms with Crippen LogP contribution in [-0.2, 0) is 12.4 Å². The standard InChI is InChI=1S/C36H16F6N4/c37-35(38,39)23-7-1-19(2-8-23)21-5-11-25-27-15-32-28(16-31(27)33(45-17-43)29(25)13-21)26-12-6-22(14-30(26)34(32)46-18-44)20-3-9-24(10-4-20)36(40,41)42/h1-16H/b45-33+,46-34+. The Kier molecular flexibility index (Phi) is 6.43. The molecule has 0 aliphatic rings. The lowest BCUT2D eigenvalue weighted by atomic mass is 10.0. The van der Waals surface area contributed by atoms with E-state index in [-0.39, 0.29) is 0 Å². The number of benzene rings is 5. The first-order valence-corrected chi connectivity index (χ1v) is 13.7. The molecule has 4 nitrogen and oxygen atoms in total. The first-order chi connectivity index (χ1) is 22.0. The zero-order valence-corrected chi connectivity index (χ0v) is 23.3. The molecule has 0 spiro atoms. The van der Waals surface area contributed by atoms with Crippen LogP contribution in [0.25, 0.3) is 65.3 Å². The van der Waals surface area contributed by atoms with Crippen molar-refractivity contribution in [3.8, 4) is 34.6 Å². The molecule has 0 fully saturated rings. The maximum absolute atomic E-state index is 13.1. The van der Waals surface area contributed by atoms with Gasteiger partial charge in [-0.15, -0.1) is 0 Å². The van der Waals surface area contributed by atoms with Gasteiger partial charge in [0.25, 0.3) is 0 Å². The Hall–Kier alpha value is -6.00. The summed E-state index contributed by atoms with van der Waals surface area (Å²) in [6, 6.07) is 24.1. The minimum atomic E-state index is -4.46. The van der Waals surface area contributed by atoms with Gasteiger partial charge in [-0.2, -0.15) is 46.9 Å². The fourth-order valence-corrected chi connectivity index (χ4v) is 6.08. The molecule has 0 amide bonds. The minimum Gasteiger partial charge on any atom is -0.172 e. The molecule has 0 saturated carbocycles. The van der Waals surface area contributed by atoms with Gasteiger partial charge in [-0.05, 0) is 92.3 Å². The highest BCUT2D eigenvalue weighted by atomic mass is 19.4. The van der Waals surface area contributed by atoms with Crippen LogP contribution in [0.1, 0.15) is 11.1 Å². The summed E-state index contributed by atoms with van der Waals surface area (Å²) in [4.78, 5) is 8.23. The Labute approximate surface area is 255 Å². The molecule has 7 aromatic carbocycles. The van der Waals surface area contributed by atoms with Crippen molar-refractivity contribution in [1.82, 2.24) is 0 Å². The summed E-state index contributed by atoms with van der Waals surface area (Å²) in [7, 11) is 0. The Morgan fingerprint density at radius 3 is 1.04 bits per heavy atom. The third-order valence-electron chi connectivity index (χ3n) is 8.21. The fraction of sp³-hybridized carbons (Fsp3) is 0.0556. The highest BCUT2D eigenvalue weighted by Crippen LogP contribution is 2.37. The second-order valence-electron chi connectivity index (χ2n) is 10.7. The largest absolute Gasteiger partial charge is 0.416 e.